The lowest BCUT2D eigenvalue weighted by Gasteiger charge is -2.32. The third kappa shape index (κ3) is 3.79. The molecule has 0 aliphatic carbocycles. The van der Waals surface area contributed by atoms with Crippen LogP contribution in [0.25, 0.3) is 0 Å². The number of nitrogens with one attached hydrogen (secondary N) is 1. The first kappa shape index (κ1) is 16.2. The van der Waals surface area contributed by atoms with Gasteiger partial charge in [0.15, 0.2) is 5.82 Å². The number of amides is 2. The molecule has 2 amide bonds. The van der Waals surface area contributed by atoms with E-state index in [9.17, 15) is 9.59 Å². The lowest BCUT2D eigenvalue weighted by atomic mass is 10.1. The topological polar surface area (TPSA) is 88.3 Å². The molecule has 0 saturated carbocycles. The second kappa shape index (κ2) is 7.25. The van der Waals surface area contributed by atoms with Crippen LogP contribution in [0.2, 0.25) is 0 Å². The second-order valence-electron chi connectivity index (χ2n) is 5.82. The van der Waals surface area contributed by atoms with E-state index in [1.807, 2.05) is 30.3 Å². The number of hydrogen-bond acceptors (Lipinski definition) is 5. The zero-order valence-electron chi connectivity index (χ0n) is 13.6. The maximum Gasteiger partial charge on any atom is 0.242 e. The first-order valence-corrected chi connectivity index (χ1v) is 8.06. The van der Waals surface area contributed by atoms with Crippen LogP contribution in [0.3, 0.4) is 0 Å². The van der Waals surface area contributed by atoms with Crippen molar-refractivity contribution in [2.24, 2.45) is 0 Å². The van der Waals surface area contributed by atoms with Gasteiger partial charge in [0.2, 0.25) is 17.7 Å². The lowest BCUT2D eigenvalue weighted by molar-refractivity contribution is -0.142. The molecule has 2 heterocycles. The summed E-state index contributed by atoms with van der Waals surface area (Å²) in [7, 11) is 0. The third-order valence-corrected chi connectivity index (χ3v) is 4.09. The number of nitrogens with zero attached hydrogens (tertiary/aromatic N) is 3. The zero-order valence-corrected chi connectivity index (χ0v) is 13.6. The predicted molar refractivity (Wildman–Crippen MR) is 86.1 cm³/mol. The minimum atomic E-state index is -0.428. The van der Waals surface area contributed by atoms with Gasteiger partial charge < -0.3 is 14.7 Å². The highest BCUT2D eigenvalue weighted by atomic mass is 16.5. The van der Waals surface area contributed by atoms with Gasteiger partial charge in [-0.1, -0.05) is 35.5 Å². The molecule has 1 aliphatic heterocycles. The number of aryl methyl sites for hydroxylation is 1. The average molecular weight is 328 g/mol. The van der Waals surface area contributed by atoms with E-state index in [-0.39, 0.29) is 18.2 Å². The van der Waals surface area contributed by atoms with Gasteiger partial charge in [0.25, 0.3) is 0 Å². The Morgan fingerprint density at radius 1 is 1.38 bits per heavy atom. The zero-order chi connectivity index (χ0) is 16.9. The summed E-state index contributed by atoms with van der Waals surface area (Å²) in [6.07, 6.45) is 1.23. The van der Waals surface area contributed by atoms with Gasteiger partial charge in [-0.2, -0.15) is 4.98 Å². The van der Waals surface area contributed by atoms with Crippen molar-refractivity contribution in [1.82, 2.24) is 20.4 Å². The Labute approximate surface area is 140 Å². The molecule has 0 unspecified atom stereocenters. The summed E-state index contributed by atoms with van der Waals surface area (Å²) in [5.74, 6) is 0.871. The van der Waals surface area contributed by atoms with E-state index in [0.29, 0.717) is 37.6 Å². The second-order valence-corrected chi connectivity index (χ2v) is 5.82. The standard InChI is InChI=1S/C17H20N4O3/c1-12-17(23)18-9-10-21(12)16(22)8-7-15-19-14(20-24-15)11-13-5-3-2-4-6-13/h2-6,12H,7-11H2,1H3,(H,18,23)/t12-/m1/s1. The molecule has 7 heteroatoms. The Bertz CT molecular complexity index is 714. The summed E-state index contributed by atoms with van der Waals surface area (Å²) < 4.78 is 5.21. The Hall–Kier alpha value is -2.70. The quantitative estimate of drug-likeness (QED) is 0.882. The molecule has 1 N–H and O–H groups in total. The van der Waals surface area contributed by atoms with Crippen LogP contribution in [-0.2, 0) is 22.4 Å². The van der Waals surface area contributed by atoms with Crippen LogP contribution in [0.15, 0.2) is 34.9 Å². The number of carbonyl (C=O) groups excluding carboxylic acids is 2. The minimum Gasteiger partial charge on any atom is -0.353 e. The van der Waals surface area contributed by atoms with Crippen molar-refractivity contribution < 1.29 is 14.1 Å². The Morgan fingerprint density at radius 2 is 2.17 bits per heavy atom. The van der Waals surface area contributed by atoms with Gasteiger partial charge >= 0.3 is 0 Å². The molecular formula is C17H20N4O3. The molecule has 24 heavy (non-hydrogen) atoms. The first-order chi connectivity index (χ1) is 11.6. The summed E-state index contributed by atoms with van der Waals surface area (Å²) >= 11 is 0. The molecule has 0 spiro atoms. The van der Waals surface area contributed by atoms with E-state index in [4.69, 9.17) is 4.52 Å². The largest absolute Gasteiger partial charge is 0.353 e. The molecule has 1 aliphatic rings. The highest BCUT2D eigenvalue weighted by Gasteiger charge is 2.29. The van der Waals surface area contributed by atoms with Crippen LogP contribution in [-0.4, -0.2) is 46.0 Å². The summed E-state index contributed by atoms with van der Waals surface area (Å²) in [5, 5.41) is 6.70. The summed E-state index contributed by atoms with van der Waals surface area (Å²) in [6, 6.07) is 9.46. The van der Waals surface area contributed by atoms with Gasteiger partial charge in [-0.15, -0.1) is 0 Å². The van der Waals surface area contributed by atoms with Gasteiger partial charge in [0, 0.05) is 32.4 Å². The van der Waals surface area contributed by atoms with Crippen molar-refractivity contribution in [2.75, 3.05) is 13.1 Å². The van der Waals surface area contributed by atoms with Gasteiger partial charge in [-0.25, -0.2) is 0 Å². The van der Waals surface area contributed by atoms with E-state index in [1.54, 1.807) is 11.8 Å². The molecule has 1 saturated heterocycles. The molecule has 7 nitrogen and oxygen atoms in total. The molecular weight excluding hydrogens is 308 g/mol. The number of hydrogen-bond donors (Lipinski definition) is 1. The molecule has 126 valence electrons. The monoisotopic (exact) mass is 328 g/mol. The number of benzene rings is 1. The maximum absolute atomic E-state index is 12.3. The summed E-state index contributed by atoms with van der Waals surface area (Å²) in [5.41, 5.74) is 1.11. The highest BCUT2D eigenvalue weighted by Crippen LogP contribution is 2.10. The molecule has 0 radical (unpaired) electrons. The molecule has 1 aromatic carbocycles. The molecule has 0 bridgehead atoms. The first-order valence-electron chi connectivity index (χ1n) is 8.06. The molecule has 1 fully saturated rings. The highest BCUT2D eigenvalue weighted by molar-refractivity contribution is 5.88. The summed E-state index contributed by atoms with van der Waals surface area (Å²) in [4.78, 5) is 29.8. The molecule has 1 aromatic heterocycles. The van der Waals surface area contributed by atoms with E-state index in [0.717, 1.165) is 5.56 Å². The van der Waals surface area contributed by atoms with Crippen LogP contribution in [0, 0.1) is 0 Å². The fraction of sp³-hybridized carbons (Fsp3) is 0.412. The van der Waals surface area contributed by atoms with Gasteiger partial charge in [-0.05, 0) is 12.5 Å². The van der Waals surface area contributed by atoms with Crippen molar-refractivity contribution in [2.45, 2.75) is 32.2 Å². The maximum atomic E-state index is 12.3. The van der Waals surface area contributed by atoms with Crippen LogP contribution < -0.4 is 5.32 Å². The van der Waals surface area contributed by atoms with Crippen LogP contribution in [0.5, 0.6) is 0 Å². The lowest BCUT2D eigenvalue weighted by Crippen LogP contribution is -2.55. The number of carbonyl (C=O) groups is 2. The third-order valence-electron chi connectivity index (χ3n) is 4.09. The number of piperazine rings is 1. The van der Waals surface area contributed by atoms with Crippen LogP contribution in [0.1, 0.15) is 30.6 Å². The number of aromatic nitrogens is 2. The average Bonchev–Trinajstić information content (AvgIpc) is 3.03. The van der Waals surface area contributed by atoms with Crippen LogP contribution in [0.4, 0.5) is 0 Å². The van der Waals surface area contributed by atoms with E-state index in [2.05, 4.69) is 15.5 Å². The fourth-order valence-corrected chi connectivity index (χ4v) is 2.72. The van der Waals surface area contributed by atoms with E-state index >= 15 is 0 Å². The van der Waals surface area contributed by atoms with Crippen molar-refractivity contribution in [1.29, 1.82) is 0 Å². The predicted octanol–water partition coefficient (Wildman–Crippen LogP) is 0.940. The van der Waals surface area contributed by atoms with Crippen LogP contribution >= 0.6 is 0 Å². The van der Waals surface area contributed by atoms with Gasteiger partial charge in [0.05, 0.1) is 0 Å². The molecule has 3 rings (SSSR count). The van der Waals surface area contributed by atoms with Gasteiger partial charge in [0.1, 0.15) is 6.04 Å². The van der Waals surface area contributed by atoms with E-state index in [1.165, 1.54) is 0 Å². The molecule has 1 atom stereocenters. The van der Waals surface area contributed by atoms with Crippen molar-refractivity contribution in [3.8, 4) is 0 Å². The summed E-state index contributed by atoms with van der Waals surface area (Å²) in [6.45, 7) is 2.77. The SMILES string of the molecule is C[C@@H]1C(=O)NCCN1C(=O)CCc1nc(Cc2ccccc2)no1. The molecule has 2 aromatic rings. The Morgan fingerprint density at radius 3 is 2.96 bits per heavy atom. The van der Waals surface area contributed by atoms with Crippen molar-refractivity contribution in [3.05, 3.63) is 47.6 Å². The smallest absolute Gasteiger partial charge is 0.242 e. The minimum absolute atomic E-state index is 0.0693. The van der Waals surface area contributed by atoms with E-state index < -0.39 is 6.04 Å². The van der Waals surface area contributed by atoms with Crippen molar-refractivity contribution >= 4 is 11.8 Å². The fourth-order valence-electron chi connectivity index (χ4n) is 2.72. The normalized spacial score (nSPS) is 17.6. The Kier molecular flexibility index (Phi) is 4.88. The Balaban J connectivity index is 1.53. The van der Waals surface area contributed by atoms with Gasteiger partial charge in [-0.3, -0.25) is 9.59 Å². The van der Waals surface area contributed by atoms with Crippen molar-refractivity contribution in [3.63, 3.8) is 0 Å². The number of rotatable bonds is 5.